The molecule has 0 aromatic rings. The van der Waals surface area contributed by atoms with Crippen LogP contribution in [0.5, 0.6) is 0 Å². The first-order valence-electron chi connectivity index (χ1n) is 3.70. The average Bonchev–Trinajstić information content (AvgIpc) is 2.21. The molecule has 0 aliphatic rings. The Hall–Kier alpha value is 0.0600. The second-order valence-corrected chi connectivity index (χ2v) is 2.96. The lowest BCUT2D eigenvalue weighted by molar-refractivity contribution is 0.199. The Morgan fingerprint density at radius 3 is 1.36 bits per heavy atom. The van der Waals surface area contributed by atoms with Crippen LogP contribution in [0.1, 0.15) is 0 Å². The number of hydrogen-bond acceptors (Lipinski definition) is 2. The molecule has 0 fully saturated rings. The van der Waals surface area contributed by atoms with Crippen LogP contribution >= 0.6 is 45.2 Å². The summed E-state index contributed by atoms with van der Waals surface area (Å²) < 4.78 is 15.5. The Morgan fingerprint density at radius 2 is 1.00 bits per heavy atom. The van der Waals surface area contributed by atoms with Gasteiger partial charge >= 0.3 is 0 Å². The normalized spacial score (nSPS) is 7.29. The molecular weight excluding hydrogens is 406 g/mol. The van der Waals surface area contributed by atoms with E-state index >= 15 is 0 Å². The van der Waals surface area contributed by atoms with E-state index in [2.05, 4.69) is 31.5 Å². The standard InChI is InChI=1S/C10H8I2O2/c11-5-3-9-13-7-1-2-8-14-10-4-6-12/h7-10H2. The Morgan fingerprint density at radius 1 is 0.643 bits per heavy atom. The van der Waals surface area contributed by atoms with Gasteiger partial charge in [0, 0.05) is 45.2 Å². The highest BCUT2D eigenvalue weighted by molar-refractivity contribution is 14.1. The topological polar surface area (TPSA) is 18.5 Å². The Balaban J connectivity index is 3.24. The second kappa shape index (κ2) is 13.1. The Labute approximate surface area is 112 Å². The molecule has 14 heavy (non-hydrogen) atoms. The molecular formula is C10H8I2O2. The van der Waals surface area contributed by atoms with E-state index in [9.17, 15) is 0 Å². The fourth-order valence-electron chi connectivity index (χ4n) is 0.463. The van der Waals surface area contributed by atoms with E-state index in [4.69, 9.17) is 9.47 Å². The van der Waals surface area contributed by atoms with Crippen molar-refractivity contribution in [3.63, 3.8) is 0 Å². The molecule has 0 heterocycles. The molecule has 0 N–H and O–H groups in total. The van der Waals surface area contributed by atoms with Gasteiger partial charge in [0.15, 0.2) is 0 Å². The van der Waals surface area contributed by atoms with Crippen LogP contribution in [0.4, 0.5) is 0 Å². The first-order valence-corrected chi connectivity index (χ1v) is 5.85. The molecule has 0 spiro atoms. The molecule has 0 amide bonds. The van der Waals surface area contributed by atoms with Crippen molar-refractivity contribution in [2.45, 2.75) is 0 Å². The monoisotopic (exact) mass is 414 g/mol. The minimum atomic E-state index is 0.395. The van der Waals surface area contributed by atoms with Gasteiger partial charge in [-0.15, -0.1) is 0 Å². The summed E-state index contributed by atoms with van der Waals surface area (Å²) in [4.78, 5) is 0. The summed E-state index contributed by atoms with van der Waals surface area (Å²) in [7, 11) is 0. The summed E-state index contributed by atoms with van der Waals surface area (Å²) in [5.41, 5.74) is 0. The summed E-state index contributed by atoms with van der Waals surface area (Å²) in [6.45, 7) is 1.65. The van der Waals surface area contributed by atoms with Gasteiger partial charge < -0.3 is 9.47 Å². The van der Waals surface area contributed by atoms with Crippen molar-refractivity contribution in [3.05, 3.63) is 0 Å². The highest BCUT2D eigenvalue weighted by Crippen LogP contribution is 1.76. The zero-order valence-corrected chi connectivity index (χ0v) is 11.7. The summed E-state index contributed by atoms with van der Waals surface area (Å²) in [5.74, 6) is 11.1. The molecule has 0 unspecified atom stereocenters. The summed E-state index contributed by atoms with van der Waals surface area (Å²) in [5, 5.41) is 0. The highest BCUT2D eigenvalue weighted by Gasteiger charge is 1.78. The maximum absolute atomic E-state index is 5.07. The SMILES string of the molecule is IC#CCOCC#CCOCC#CI. The van der Waals surface area contributed by atoms with E-state index < -0.39 is 0 Å². The maximum Gasteiger partial charge on any atom is 0.109 e. The number of hydrogen-bond donors (Lipinski definition) is 0. The van der Waals surface area contributed by atoms with Crippen LogP contribution in [0.3, 0.4) is 0 Å². The predicted molar refractivity (Wildman–Crippen MR) is 73.0 cm³/mol. The fourth-order valence-corrected chi connectivity index (χ4v) is 0.774. The van der Waals surface area contributed by atoms with Gasteiger partial charge in [-0.05, 0) is 7.85 Å². The van der Waals surface area contributed by atoms with Crippen molar-refractivity contribution < 1.29 is 9.47 Å². The van der Waals surface area contributed by atoms with E-state index in [1.165, 1.54) is 0 Å². The molecule has 0 bridgehead atoms. The van der Waals surface area contributed by atoms with E-state index in [1.807, 2.05) is 45.2 Å². The molecule has 0 aliphatic carbocycles. The second-order valence-electron chi connectivity index (χ2n) is 1.88. The molecule has 0 aromatic carbocycles. The lowest BCUT2D eigenvalue weighted by atomic mass is 10.6. The molecule has 0 radical (unpaired) electrons. The van der Waals surface area contributed by atoms with Gasteiger partial charge in [0.1, 0.15) is 26.4 Å². The van der Waals surface area contributed by atoms with Crippen LogP contribution in [-0.2, 0) is 9.47 Å². The van der Waals surface area contributed by atoms with Crippen LogP contribution in [0.15, 0.2) is 0 Å². The van der Waals surface area contributed by atoms with Gasteiger partial charge in [0.2, 0.25) is 0 Å². The molecule has 2 nitrogen and oxygen atoms in total. The molecule has 0 rings (SSSR count). The third-order valence-corrected chi connectivity index (χ3v) is 1.72. The van der Waals surface area contributed by atoms with Crippen LogP contribution in [0.2, 0.25) is 0 Å². The van der Waals surface area contributed by atoms with Crippen molar-refractivity contribution in [2.75, 3.05) is 26.4 Å². The van der Waals surface area contributed by atoms with Crippen LogP contribution in [0.25, 0.3) is 0 Å². The Kier molecular flexibility index (Phi) is 13.1. The first-order chi connectivity index (χ1) is 6.91. The van der Waals surface area contributed by atoms with E-state index in [1.54, 1.807) is 0 Å². The molecule has 4 heteroatoms. The van der Waals surface area contributed by atoms with Crippen molar-refractivity contribution in [1.82, 2.24) is 0 Å². The van der Waals surface area contributed by atoms with Crippen LogP contribution in [0, 0.1) is 31.5 Å². The third-order valence-electron chi connectivity index (χ3n) is 0.956. The van der Waals surface area contributed by atoms with E-state index in [0.29, 0.717) is 26.4 Å². The molecule has 0 atom stereocenters. The smallest absolute Gasteiger partial charge is 0.109 e. The summed E-state index contributed by atoms with van der Waals surface area (Å²) in [6.07, 6.45) is 0. The Bertz CT molecular complexity index is 276. The lowest BCUT2D eigenvalue weighted by Crippen LogP contribution is -1.94. The largest absolute Gasteiger partial charge is 0.356 e. The van der Waals surface area contributed by atoms with Gasteiger partial charge in [-0.25, -0.2) is 0 Å². The summed E-state index contributed by atoms with van der Waals surface area (Å²) in [6, 6.07) is 0. The van der Waals surface area contributed by atoms with Crippen molar-refractivity contribution in [1.29, 1.82) is 0 Å². The van der Waals surface area contributed by atoms with Crippen molar-refractivity contribution >= 4 is 45.2 Å². The fraction of sp³-hybridized carbons (Fsp3) is 0.400. The zero-order valence-electron chi connectivity index (χ0n) is 7.40. The van der Waals surface area contributed by atoms with E-state index in [-0.39, 0.29) is 0 Å². The minimum Gasteiger partial charge on any atom is -0.356 e. The predicted octanol–water partition coefficient (Wildman–Crippen LogP) is 1.81. The number of halogens is 2. The molecule has 0 aromatic heterocycles. The van der Waals surface area contributed by atoms with Crippen LogP contribution in [-0.4, -0.2) is 26.4 Å². The van der Waals surface area contributed by atoms with Crippen molar-refractivity contribution in [2.24, 2.45) is 0 Å². The highest BCUT2D eigenvalue weighted by atomic mass is 127. The molecule has 0 aliphatic heterocycles. The van der Waals surface area contributed by atoms with Gasteiger partial charge in [-0.2, -0.15) is 0 Å². The van der Waals surface area contributed by atoms with E-state index in [0.717, 1.165) is 0 Å². The zero-order chi connectivity index (χ0) is 10.5. The summed E-state index contributed by atoms with van der Waals surface area (Å²) >= 11 is 3.93. The van der Waals surface area contributed by atoms with Gasteiger partial charge in [0.25, 0.3) is 0 Å². The average molecular weight is 414 g/mol. The first kappa shape index (κ1) is 14.1. The maximum atomic E-state index is 5.07. The van der Waals surface area contributed by atoms with Gasteiger partial charge in [-0.3, -0.25) is 0 Å². The van der Waals surface area contributed by atoms with Gasteiger partial charge in [-0.1, -0.05) is 23.7 Å². The van der Waals surface area contributed by atoms with Crippen LogP contribution < -0.4 is 0 Å². The number of rotatable bonds is 4. The lowest BCUT2D eigenvalue weighted by Gasteiger charge is -1.90. The molecule has 0 saturated carbocycles. The van der Waals surface area contributed by atoms with Gasteiger partial charge in [0.05, 0.1) is 0 Å². The van der Waals surface area contributed by atoms with Crippen molar-refractivity contribution in [3.8, 4) is 31.5 Å². The minimum absolute atomic E-state index is 0.395. The third kappa shape index (κ3) is 12.1. The quantitative estimate of drug-likeness (QED) is 0.397. The molecule has 74 valence electrons. The number of ether oxygens (including phenoxy) is 2. The molecule has 0 saturated heterocycles.